The molecular formula is C27H32ClN3O3S. The zero-order valence-electron chi connectivity index (χ0n) is 21.3. The molecule has 0 aromatic carbocycles. The van der Waals surface area contributed by atoms with Crippen molar-refractivity contribution in [3.63, 3.8) is 0 Å². The Morgan fingerprint density at radius 1 is 1.31 bits per heavy atom. The van der Waals surface area contributed by atoms with Gasteiger partial charge in [-0.25, -0.2) is 9.78 Å². The molecule has 0 aliphatic carbocycles. The van der Waals surface area contributed by atoms with Crippen LogP contribution >= 0.6 is 22.9 Å². The van der Waals surface area contributed by atoms with Gasteiger partial charge in [-0.1, -0.05) is 30.3 Å². The topological polar surface area (TPSA) is 77.2 Å². The van der Waals surface area contributed by atoms with Crippen molar-refractivity contribution in [2.24, 2.45) is 0 Å². The number of carboxylic acid groups (broad SMARTS) is 1. The van der Waals surface area contributed by atoms with Gasteiger partial charge in [0.05, 0.1) is 17.7 Å². The van der Waals surface area contributed by atoms with E-state index in [0.29, 0.717) is 22.8 Å². The van der Waals surface area contributed by atoms with Crippen LogP contribution in [0.1, 0.15) is 66.8 Å². The lowest BCUT2D eigenvalue weighted by molar-refractivity contribution is -0.160. The van der Waals surface area contributed by atoms with E-state index in [-0.39, 0.29) is 0 Å². The Morgan fingerprint density at radius 3 is 2.51 bits per heavy atom. The first kappa shape index (κ1) is 26.9. The smallest absolute Gasteiger partial charge is 0.337 e. The van der Waals surface area contributed by atoms with Crippen molar-refractivity contribution in [3.05, 3.63) is 74.5 Å². The van der Waals surface area contributed by atoms with Crippen molar-refractivity contribution in [3.8, 4) is 0 Å². The Labute approximate surface area is 215 Å². The Hall–Kier alpha value is -2.74. The third kappa shape index (κ3) is 5.74. The largest absolute Gasteiger partial charge is 0.479 e. The second kappa shape index (κ2) is 10.5. The SMILES string of the molecule is C=C(Cl)/C=C\C(=C/C)c1c([C@H](OC(C)(C)C)C(=O)O)c(C)nc2c1c(C)c(C)n2Cc1cncs1. The second-order valence-corrected chi connectivity index (χ2v) is 10.9. The summed E-state index contributed by atoms with van der Waals surface area (Å²) < 4.78 is 8.25. The van der Waals surface area contributed by atoms with Gasteiger partial charge >= 0.3 is 5.97 Å². The highest BCUT2D eigenvalue weighted by atomic mass is 35.5. The van der Waals surface area contributed by atoms with Crippen molar-refractivity contribution in [2.75, 3.05) is 0 Å². The molecule has 0 bridgehead atoms. The number of hydrogen-bond donors (Lipinski definition) is 1. The highest BCUT2D eigenvalue weighted by Gasteiger charge is 2.33. The number of fused-ring (bicyclic) bond motifs is 1. The highest BCUT2D eigenvalue weighted by molar-refractivity contribution is 7.09. The quantitative estimate of drug-likeness (QED) is 0.324. The lowest BCUT2D eigenvalue weighted by atomic mass is 9.90. The molecule has 3 heterocycles. The van der Waals surface area contributed by atoms with Gasteiger partial charge in [0.15, 0.2) is 6.10 Å². The van der Waals surface area contributed by atoms with E-state index in [2.05, 4.69) is 23.1 Å². The Balaban J connectivity index is 2.45. The van der Waals surface area contributed by atoms with Gasteiger partial charge in [0.2, 0.25) is 0 Å². The summed E-state index contributed by atoms with van der Waals surface area (Å²) in [4.78, 5) is 22.8. The molecule has 0 aliphatic rings. The van der Waals surface area contributed by atoms with Crippen LogP contribution in [0.2, 0.25) is 0 Å². The van der Waals surface area contributed by atoms with E-state index >= 15 is 0 Å². The van der Waals surface area contributed by atoms with Crippen LogP contribution in [0, 0.1) is 20.8 Å². The summed E-state index contributed by atoms with van der Waals surface area (Å²) in [6.07, 6.45) is 6.17. The van der Waals surface area contributed by atoms with Crippen LogP contribution in [-0.4, -0.2) is 31.2 Å². The predicted molar refractivity (Wildman–Crippen MR) is 144 cm³/mol. The second-order valence-electron chi connectivity index (χ2n) is 9.42. The van der Waals surface area contributed by atoms with E-state index < -0.39 is 17.7 Å². The fraction of sp³-hybridized carbons (Fsp3) is 0.370. The summed E-state index contributed by atoms with van der Waals surface area (Å²) in [5.74, 6) is -1.06. The van der Waals surface area contributed by atoms with Gasteiger partial charge in [0.1, 0.15) is 5.65 Å². The predicted octanol–water partition coefficient (Wildman–Crippen LogP) is 7.12. The van der Waals surface area contributed by atoms with Crippen molar-refractivity contribution in [1.29, 1.82) is 0 Å². The van der Waals surface area contributed by atoms with Gasteiger partial charge in [-0.2, -0.15) is 0 Å². The van der Waals surface area contributed by atoms with Crippen LogP contribution < -0.4 is 0 Å². The number of nitrogens with zero attached hydrogens (tertiary/aromatic N) is 3. The third-order valence-corrected chi connectivity index (χ3v) is 6.67. The van der Waals surface area contributed by atoms with Crippen LogP contribution in [0.4, 0.5) is 0 Å². The molecule has 0 amide bonds. The Kier molecular flexibility index (Phi) is 8.04. The first-order valence-corrected chi connectivity index (χ1v) is 12.6. The summed E-state index contributed by atoms with van der Waals surface area (Å²) in [5.41, 5.74) is 6.76. The van der Waals surface area contributed by atoms with Crippen LogP contribution in [0.25, 0.3) is 16.6 Å². The number of aromatic nitrogens is 3. The number of carbonyl (C=O) groups is 1. The monoisotopic (exact) mass is 513 g/mol. The number of pyridine rings is 1. The molecule has 0 unspecified atom stereocenters. The number of hydrogen-bond acceptors (Lipinski definition) is 5. The van der Waals surface area contributed by atoms with E-state index in [1.807, 2.05) is 65.4 Å². The summed E-state index contributed by atoms with van der Waals surface area (Å²) in [7, 11) is 0. The van der Waals surface area contributed by atoms with Crippen molar-refractivity contribution >= 4 is 45.5 Å². The van der Waals surface area contributed by atoms with Crippen LogP contribution in [0.15, 0.2) is 41.5 Å². The molecule has 1 N–H and O–H groups in total. The summed E-state index contributed by atoms with van der Waals surface area (Å²) in [6, 6.07) is 0. The molecule has 186 valence electrons. The maximum absolute atomic E-state index is 12.5. The molecule has 0 fully saturated rings. The molecule has 35 heavy (non-hydrogen) atoms. The normalized spacial score (nSPS) is 13.7. The first-order valence-electron chi connectivity index (χ1n) is 11.3. The minimum Gasteiger partial charge on any atom is -0.479 e. The molecule has 3 rings (SSSR count). The standard InChI is InChI=1S/C27H32ClN3O3S/c1-9-19(11-10-15(2)28)23-21-16(3)18(5)31(13-20-12-29-14-35-20)25(21)30-17(4)22(23)24(26(32)33)34-27(6,7)8/h9-12,14,24H,2,13H2,1,3-8H3,(H,32,33)/b11-10-,19-9+/t24-/m0/s1. The summed E-state index contributed by atoms with van der Waals surface area (Å²) in [6.45, 7) is 17.8. The number of halogens is 1. The van der Waals surface area contributed by atoms with Gasteiger partial charge in [-0.3, -0.25) is 4.98 Å². The van der Waals surface area contributed by atoms with Crippen LogP contribution in [0.3, 0.4) is 0 Å². The van der Waals surface area contributed by atoms with Crippen LogP contribution in [-0.2, 0) is 16.1 Å². The third-order valence-electron chi connectivity index (χ3n) is 5.78. The van der Waals surface area contributed by atoms with Gasteiger partial charge in [-0.05, 0) is 65.7 Å². The molecule has 3 aromatic rings. The molecule has 0 aliphatic heterocycles. The van der Waals surface area contributed by atoms with E-state index in [1.54, 1.807) is 17.4 Å². The Morgan fingerprint density at radius 2 is 2.00 bits per heavy atom. The van der Waals surface area contributed by atoms with E-state index in [4.69, 9.17) is 21.3 Å². The van der Waals surface area contributed by atoms with Crippen molar-refractivity contribution in [2.45, 2.75) is 66.7 Å². The maximum atomic E-state index is 12.5. The number of thiazole rings is 1. The zero-order chi connectivity index (χ0) is 26.1. The zero-order valence-corrected chi connectivity index (χ0v) is 22.8. The fourth-order valence-corrected chi connectivity index (χ4v) is 4.82. The molecule has 0 spiro atoms. The summed E-state index contributed by atoms with van der Waals surface area (Å²) in [5, 5.41) is 11.5. The first-order chi connectivity index (χ1) is 16.4. The lowest BCUT2D eigenvalue weighted by Gasteiger charge is -2.28. The molecular weight excluding hydrogens is 482 g/mol. The minimum atomic E-state index is -1.20. The number of rotatable bonds is 8. The van der Waals surface area contributed by atoms with Crippen LogP contribution in [0.5, 0.6) is 0 Å². The number of aryl methyl sites for hydroxylation is 2. The average Bonchev–Trinajstić information content (AvgIpc) is 3.34. The van der Waals surface area contributed by atoms with E-state index in [9.17, 15) is 9.90 Å². The summed E-state index contributed by atoms with van der Waals surface area (Å²) >= 11 is 7.64. The molecule has 1 atom stereocenters. The number of carboxylic acids is 1. The van der Waals surface area contributed by atoms with E-state index in [1.165, 1.54) is 0 Å². The molecule has 8 heteroatoms. The molecule has 6 nitrogen and oxygen atoms in total. The van der Waals surface area contributed by atoms with Gasteiger partial charge < -0.3 is 14.4 Å². The lowest BCUT2D eigenvalue weighted by Crippen LogP contribution is -2.29. The fourth-order valence-electron chi connectivity index (χ4n) is 4.18. The molecule has 0 radical (unpaired) electrons. The minimum absolute atomic E-state index is 0.379. The van der Waals surface area contributed by atoms with Gasteiger partial charge in [0.25, 0.3) is 0 Å². The molecule has 3 aromatic heterocycles. The Bertz CT molecular complexity index is 1330. The average molecular weight is 514 g/mol. The van der Waals surface area contributed by atoms with Crippen molar-refractivity contribution in [1.82, 2.24) is 14.5 Å². The van der Waals surface area contributed by atoms with Gasteiger partial charge in [-0.15, -0.1) is 11.3 Å². The number of aliphatic carboxylic acids is 1. The molecule has 0 saturated carbocycles. The van der Waals surface area contributed by atoms with E-state index in [0.717, 1.165) is 38.3 Å². The highest BCUT2D eigenvalue weighted by Crippen LogP contribution is 2.40. The number of allylic oxidation sites excluding steroid dienone is 5. The van der Waals surface area contributed by atoms with Gasteiger partial charge in [0, 0.05) is 44.0 Å². The molecule has 0 saturated heterocycles. The maximum Gasteiger partial charge on any atom is 0.337 e. The number of ether oxygens (including phenoxy) is 1. The van der Waals surface area contributed by atoms with Crippen molar-refractivity contribution < 1.29 is 14.6 Å².